The Hall–Kier alpha value is -3.21. The first-order chi connectivity index (χ1) is 12.1. The number of ether oxygens (including phenoxy) is 2. The van der Waals surface area contributed by atoms with Gasteiger partial charge in [-0.1, -0.05) is 30.3 Å². The molecule has 5 nitrogen and oxygen atoms in total. The number of anilines is 1. The summed E-state index contributed by atoms with van der Waals surface area (Å²) in [6.45, 7) is 0. The van der Waals surface area contributed by atoms with E-state index in [1.165, 1.54) is 0 Å². The fraction of sp³-hybridized carbons (Fsp3) is 0.150. The van der Waals surface area contributed by atoms with Gasteiger partial charge in [0.15, 0.2) is 0 Å². The quantitative estimate of drug-likeness (QED) is 0.744. The Morgan fingerprint density at radius 1 is 1.00 bits per heavy atom. The van der Waals surface area contributed by atoms with Crippen LogP contribution in [0.3, 0.4) is 0 Å². The van der Waals surface area contributed by atoms with E-state index < -0.39 is 0 Å². The van der Waals surface area contributed by atoms with Gasteiger partial charge < -0.3 is 19.9 Å². The molecule has 25 heavy (non-hydrogen) atoms. The highest BCUT2D eigenvalue weighted by Crippen LogP contribution is 2.30. The molecule has 0 fully saturated rings. The van der Waals surface area contributed by atoms with Crippen molar-refractivity contribution in [2.75, 3.05) is 19.5 Å². The minimum Gasteiger partial charge on any atom is -0.507 e. The Kier molecular flexibility index (Phi) is 4.75. The number of aromatic hydroxyl groups is 1. The number of carbonyl (C=O) groups excluding carboxylic acids is 1. The molecule has 3 rings (SSSR count). The average Bonchev–Trinajstić information content (AvgIpc) is 2.63. The number of nitrogens with one attached hydrogen (secondary N) is 1. The number of benzene rings is 3. The van der Waals surface area contributed by atoms with Crippen LogP contribution in [0, 0.1) is 0 Å². The van der Waals surface area contributed by atoms with E-state index >= 15 is 0 Å². The van der Waals surface area contributed by atoms with Crippen molar-refractivity contribution in [2.24, 2.45) is 0 Å². The number of phenols is 1. The molecule has 0 spiro atoms. The molecule has 0 aliphatic carbocycles. The zero-order valence-corrected chi connectivity index (χ0v) is 14.1. The molecule has 3 aromatic rings. The van der Waals surface area contributed by atoms with Crippen LogP contribution in [0.1, 0.15) is 5.56 Å². The maximum Gasteiger partial charge on any atom is 0.228 e. The van der Waals surface area contributed by atoms with Crippen molar-refractivity contribution in [1.29, 1.82) is 0 Å². The molecule has 0 saturated heterocycles. The van der Waals surface area contributed by atoms with Gasteiger partial charge in [-0.05, 0) is 18.2 Å². The summed E-state index contributed by atoms with van der Waals surface area (Å²) in [6.07, 6.45) is 0.169. The van der Waals surface area contributed by atoms with Crippen LogP contribution >= 0.6 is 0 Å². The summed E-state index contributed by atoms with van der Waals surface area (Å²) < 4.78 is 10.5. The second-order valence-corrected chi connectivity index (χ2v) is 5.58. The van der Waals surface area contributed by atoms with Gasteiger partial charge in [-0.25, -0.2) is 0 Å². The largest absolute Gasteiger partial charge is 0.507 e. The molecular weight excluding hydrogens is 318 g/mol. The molecule has 128 valence electrons. The Bertz CT molecular complexity index is 921. The van der Waals surface area contributed by atoms with E-state index in [-0.39, 0.29) is 18.1 Å². The predicted molar refractivity (Wildman–Crippen MR) is 97.5 cm³/mol. The molecule has 1 amide bonds. The Morgan fingerprint density at radius 3 is 2.52 bits per heavy atom. The normalized spacial score (nSPS) is 10.5. The van der Waals surface area contributed by atoms with Crippen LogP contribution in [0.25, 0.3) is 10.8 Å². The van der Waals surface area contributed by atoms with Crippen LogP contribution < -0.4 is 14.8 Å². The van der Waals surface area contributed by atoms with Gasteiger partial charge in [0, 0.05) is 28.1 Å². The molecule has 2 N–H and O–H groups in total. The van der Waals surface area contributed by atoms with Crippen molar-refractivity contribution >= 4 is 22.4 Å². The molecule has 0 bridgehead atoms. The first-order valence-corrected chi connectivity index (χ1v) is 7.84. The van der Waals surface area contributed by atoms with Gasteiger partial charge in [0.1, 0.15) is 17.2 Å². The number of carbonyl (C=O) groups is 1. The summed E-state index contributed by atoms with van der Waals surface area (Å²) in [4.78, 5) is 12.5. The monoisotopic (exact) mass is 337 g/mol. The maximum atomic E-state index is 12.5. The Morgan fingerprint density at radius 2 is 1.76 bits per heavy atom. The van der Waals surface area contributed by atoms with E-state index in [1.54, 1.807) is 44.6 Å². The molecule has 0 radical (unpaired) electrons. The lowest BCUT2D eigenvalue weighted by Gasteiger charge is -2.12. The molecule has 5 heteroatoms. The first-order valence-electron chi connectivity index (χ1n) is 7.84. The molecule has 0 heterocycles. The van der Waals surface area contributed by atoms with Crippen LogP contribution in [-0.4, -0.2) is 25.2 Å². The van der Waals surface area contributed by atoms with Crippen LogP contribution in [0.5, 0.6) is 17.2 Å². The number of fused-ring (bicyclic) bond motifs is 1. The summed E-state index contributed by atoms with van der Waals surface area (Å²) in [7, 11) is 3.14. The zero-order chi connectivity index (χ0) is 17.8. The topological polar surface area (TPSA) is 67.8 Å². The Labute approximate surface area is 145 Å². The van der Waals surface area contributed by atoms with Crippen molar-refractivity contribution < 1.29 is 19.4 Å². The lowest BCUT2D eigenvalue weighted by atomic mass is 10.1. The van der Waals surface area contributed by atoms with E-state index in [4.69, 9.17) is 9.47 Å². The van der Waals surface area contributed by atoms with Gasteiger partial charge in [-0.15, -0.1) is 0 Å². The van der Waals surface area contributed by atoms with Gasteiger partial charge in [-0.3, -0.25) is 4.79 Å². The van der Waals surface area contributed by atoms with Gasteiger partial charge in [0.25, 0.3) is 0 Å². The highest BCUT2D eigenvalue weighted by atomic mass is 16.5. The summed E-state index contributed by atoms with van der Waals surface area (Å²) in [5, 5.41) is 14.3. The highest BCUT2D eigenvalue weighted by molar-refractivity contribution is 6.04. The molecule has 0 aliphatic rings. The number of phenolic OH excluding ortho intramolecular Hbond substituents is 1. The van der Waals surface area contributed by atoms with Crippen molar-refractivity contribution in [1.82, 2.24) is 0 Å². The lowest BCUT2D eigenvalue weighted by Crippen LogP contribution is -2.15. The van der Waals surface area contributed by atoms with Gasteiger partial charge >= 0.3 is 0 Å². The standard InChI is InChI=1S/C20H19NO4/c1-24-14-10-9-13(19(12-14)25-2)11-20(23)21-17-7-3-6-16-15(17)5-4-8-18(16)22/h3-10,12,22H,11H2,1-2H3,(H,21,23). The van der Waals surface area contributed by atoms with Gasteiger partial charge in [0.05, 0.1) is 20.6 Å². The smallest absolute Gasteiger partial charge is 0.228 e. The minimum absolute atomic E-state index is 0.167. The molecule has 0 unspecified atom stereocenters. The summed E-state index contributed by atoms with van der Waals surface area (Å²) in [5.74, 6) is 1.29. The minimum atomic E-state index is -0.167. The molecule has 3 aromatic carbocycles. The SMILES string of the molecule is COc1ccc(CC(=O)Nc2cccc3c(O)cccc23)c(OC)c1. The third kappa shape index (κ3) is 3.50. The van der Waals surface area contributed by atoms with Gasteiger partial charge in [0.2, 0.25) is 5.91 Å². The third-order valence-electron chi connectivity index (χ3n) is 4.02. The fourth-order valence-electron chi connectivity index (χ4n) is 2.77. The summed E-state index contributed by atoms with van der Waals surface area (Å²) >= 11 is 0. The summed E-state index contributed by atoms with van der Waals surface area (Å²) in [6, 6.07) is 16.0. The predicted octanol–water partition coefficient (Wildman–Crippen LogP) is 3.74. The second kappa shape index (κ2) is 7.13. The molecule has 0 atom stereocenters. The number of hydrogen-bond donors (Lipinski definition) is 2. The van der Waals surface area contributed by atoms with Crippen molar-refractivity contribution in [3.05, 3.63) is 60.2 Å². The number of hydrogen-bond acceptors (Lipinski definition) is 4. The second-order valence-electron chi connectivity index (χ2n) is 5.58. The Balaban J connectivity index is 1.83. The van der Waals surface area contributed by atoms with Gasteiger partial charge in [-0.2, -0.15) is 0 Å². The van der Waals surface area contributed by atoms with Crippen LogP contribution in [0.15, 0.2) is 54.6 Å². The molecule has 0 aromatic heterocycles. The van der Waals surface area contributed by atoms with E-state index in [0.29, 0.717) is 22.6 Å². The van der Waals surface area contributed by atoms with Crippen LogP contribution in [0.2, 0.25) is 0 Å². The highest BCUT2D eigenvalue weighted by Gasteiger charge is 2.12. The van der Waals surface area contributed by atoms with E-state index in [0.717, 1.165) is 10.9 Å². The molecular formula is C20H19NO4. The van der Waals surface area contributed by atoms with Crippen molar-refractivity contribution in [2.45, 2.75) is 6.42 Å². The third-order valence-corrected chi connectivity index (χ3v) is 4.02. The number of methoxy groups -OCH3 is 2. The number of rotatable bonds is 5. The zero-order valence-electron chi connectivity index (χ0n) is 14.1. The summed E-state index contributed by atoms with van der Waals surface area (Å²) in [5.41, 5.74) is 1.43. The van der Waals surface area contributed by atoms with Crippen molar-refractivity contribution in [3.8, 4) is 17.2 Å². The van der Waals surface area contributed by atoms with E-state index in [1.807, 2.05) is 24.3 Å². The van der Waals surface area contributed by atoms with E-state index in [9.17, 15) is 9.90 Å². The number of amides is 1. The molecule has 0 aliphatic heterocycles. The average molecular weight is 337 g/mol. The van der Waals surface area contributed by atoms with Crippen LogP contribution in [-0.2, 0) is 11.2 Å². The molecule has 0 saturated carbocycles. The first kappa shape index (κ1) is 16.6. The lowest BCUT2D eigenvalue weighted by molar-refractivity contribution is -0.115. The van der Waals surface area contributed by atoms with Crippen molar-refractivity contribution in [3.63, 3.8) is 0 Å². The fourth-order valence-corrected chi connectivity index (χ4v) is 2.77. The van der Waals surface area contributed by atoms with E-state index in [2.05, 4.69) is 5.32 Å². The van der Waals surface area contributed by atoms with Crippen LogP contribution in [0.4, 0.5) is 5.69 Å². The maximum absolute atomic E-state index is 12.5.